The van der Waals surface area contributed by atoms with E-state index in [4.69, 9.17) is 5.73 Å². The molecular formula is C20H20N4O2. The Labute approximate surface area is 151 Å². The zero-order chi connectivity index (χ0) is 18.4. The summed E-state index contributed by atoms with van der Waals surface area (Å²) >= 11 is 0. The highest BCUT2D eigenvalue weighted by Crippen LogP contribution is 2.17. The molecule has 2 amide bonds. The highest BCUT2D eigenvalue weighted by molar-refractivity contribution is 5.76. The number of primary amides is 1. The van der Waals surface area contributed by atoms with Crippen LogP contribution >= 0.6 is 0 Å². The van der Waals surface area contributed by atoms with Crippen molar-refractivity contribution in [2.24, 2.45) is 5.73 Å². The van der Waals surface area contributed by atoms with Gasteiger partial charge in [-0.05, 0) is 23.3 Å². The third-order valence-electron chi connectivity index (χ3n) is 4.09. The van der Waals surface area contributed by atoms with E-state index in [1.54, 1.807) is 6.33 Å². The van der Waals surface area contributed by atoms with Crippen LogP contribution in [-0.4, -0.2) is 21.9 Å². The largest absolute Gasteiger partial charge is 0.369 e. The number of nitrogens with two attached hydrogens (primary N) is 1. The maximum absolute atomic E-state index is 11.5. The summed E-state index contributed by atoms with van der Waals surface area (Å²) in [5.41, 5.74) is 9.94. The van der Waals surface area contributed by atoms with E-state index in [-0.39, 0.29) is 6.42 Å². The predicted octanol–water partition coefficient (Wildman–Crippen LogP) is 2.12. The summed E-state index contributed by atoms with van der Waals surface area (Å²) in [6.07, 6.45) is 3.15. The molecule has 0 atom stereocenters. The van der Waals surface area contributed by atoms with Gasteiger partial charge in [0.15, 0.2) is 0 Å². The smallest absolute Gasteiger partial charge is 0.223 e. The van der Waals surface area contributed by atoms with Crippen LogP contribution in [-0.2, 0) is 29.0 Å². The topological polar surface area (TPSA) is 90.0 Å². The SMILES string of the molecule is NC(=O)Cc1c(Cc2ccccc2)ncn1Cc1cccc(NC=O)c1. The first kappa shape index (κ1) is 17.4. The molecule has 0 fully saturated rings. The maximum Gasteiger partial charge on any atom is 0.223 e. The average molecular weight is 348 g/mol. The first-order chi connectivity index (χ1) is 12.7. The van der Waals surface area contributed by atoms with Crippen LogP contribution in [0.1, 0.15) is 22.5 Å². The van der Waals surface area contributed by atoms with E-state index >= 15 is 0 Å². The number of carbonyl (C=O) groups excluding carboxylic acids is 2. The van der Waals surface area contributed by atoms with E-state index in [9.17, 15) is 9.59 Å². The van der Waals surface area contributed by atoms with Gasteiger partial charge in [0.2, 0.25) is 12.3 Å². The normalized spacial score (nSPS) is 10.5. The number of nitrogens with zero attached hydrogens (tertiary/aromatic N) is 2. The van der Waals surface area contributed by atoms with Crippen molar-refractivity contribution in [3.63, 3.8) is 0 Å². The minimum absolute atomic E-state index is 0.133. The van der Waals surface area contributed by atoms with Crippen LogP contribution in [0.3, 0.4) is 0 Å². The second-order valence-electron chi connectivity index (χ2n) is 6.03. The fraction of sp³-hybridized carbons (Fsp3) is 0.150. The first-order valence-corrected chi connectivity index (χ1v) is 8.30. The summed E-state index contributed by atoms with van der Waals surface area (Å²) in [6.45, 7) is 0.540. The lowest BCUT2D eigenvalue weighted by Gasteiger charge is -2.10. The van der Waals surface area contributed by atoms with E-state index in [1.807, 2.05) is 59.2 Å². The number of amides is 2. The molecule has 3 aromatic rings. The van der Waals surface area contributed by atoms with Gasteiger partial charge in [-0.3, -0.25) is 9.59 Å². The van der Waals surface area contributed by atoms with Crippen molar-refractivity contribution in [2.45, 2.75) is 19.4 Å². The molecule has 3 N–H and O–H groups in total. The van der Waals surface area contributed by atoms with Gasteiger partial charge < -0.3 is 15.6 Å². The Balaban J connectivity index is 1.88. The van der Waals surface area contributed by atoms with Crippen LogP contribution in [0.15, 0.2) is 60.9 Å². The average Bonchev–Trinajstić information content (AvgIpc) is 2.97. The third-order valence-corrected chi connectivity index (χ3v) is 4.09. The fourth-order valence-electron chi connectivity index (χ4n) is 2.92. The summed E-state index contributed by atoms with van der Waals surface area (Å²) in [5.74, 6) is -0.391. The highest BCUT2D eigenvalue weighted by atomic mass is 16.1. The van der Waals surface area contributed by atoms with Crippen molar-refractivity contribution in [3.05, 3.63) is 83.4 Å². The number of nitrogens with one attached hydrogen (secondary N) is 1. The molecule has 0 bridgehead atoms. The number of hydrogen-bond acceptors (Lipinski definition) is 3. The first-order valence-electron chi connectivity index (χ1n) is 8.30. The molecule has 1 heterocycles. The Morgan fingerprint density at radius 2 is 1.88 bits per heavy atom. The summed E-state index contributed by atoms with van der Waals surface area (Å²) in [6, 6.07) is 17.5. The number of anilines is 1. The van der Waals surface area contributed by atoms with Gasteiger partial charge >= 0.3 is 0 Å². The number of aromatic nitrogens is 2. The molecule has 26 heavy (non-hydrogen) atoms. The minimum atomic E-state index is -0.391. The molecule has 0 saturated heterocycles. The minimum Gasteiger partial charge on any atom is -0.369 e. The lowest BCUT2D eigenvalue weighted by molar-refractivity contribution is -0.117. The summed E-state index contributed by atoms with van der Waals surface area (Å²) in [7, 11) is 0. The van der Waals surface area contributed by atoms with Crippen LogP contribution in [0.5, 0.6) is 0 Å². The van der Waals surface area contributed by atoms with Gasteiger partial charge in [-0.2, -0.15) is 0 Å². The summed E-state index contributed by atoms with van der Waals surface area (Å²) in [5, 5.41) is 2.64. The molecule has 0 unspecified atom stereocenters. The Morgan fingerprint density at radius 1 is 1.12 bits per heavy atom. The van der Waals surface area contributed by atoms with E-state index < -0.39 is 5.91 Å². The molecule has 0 aliphatic rings. The van der Waals surface area contributed by atoms with E-state index in [2.05, 4.69) is 10.3 Å². The van der Waals surface area contributed by atoms with Crippen molar-refractivity contribution >= 4 is 18.0 Å². The summed E-state index contributed by atoms with van der Waals surface area (Å²) < 4.78 is 1.93. The maximum atomic E-state index is 11.5. The van der Waals surface area contributed by atoms with Crippen LogP contribution in [0, 0.1) is 0 Å². The molecule has 1 aromatic heterocycles. The number of hydrogen-bond donors (Lipinski definition) is 2. The molecule has 0 aliphatic carbocycles. The second kappa shape index (κ2) is 8.11. The van der Waals surface area contributed by atoms with Gasteiger partial charge in [0.05, 0.1) is 24.1 Å². The monoisotopic (exact) mass is 348 g/mol. The van der Waals surface area contributed by atoms with Crippen LogP contribution < -0.4 is 11.1 Å². The Hall–Kier alpha value is -3.41. The molecule has 132 valence electrons. The van der Waals surface area contributed by atoms with Gasteiger partial charge in [0.1, 0.15) is 0 Å². The molecule has 0 radical (unpaired) electrons. The van der Waals surface area contributed by atoms with Gasteiger partial charge in [-0.25, -0.2) is 4.98 Å². The fourth-order valence-corrected chi connectivity index (χ4v) is 2.92. The van der Waals surface area contributed by atoms with Crippen LogP contribution in [0.4, 0.5) is 5.69 Å². The number of carbonyl (C=O) groups is 2. The van der Waals surface area contributed by atoms with Crippen molar-refractivity contribution in [2.75, 3.05) is 5.32 Å². The number of benzene rings is 2. The van der Waals surface area contributed by atoms with Crippen molar-refractivity contribution < 1.29 is 9.59 Å². The summed E-state index contributed by atoms with van der Waals surface area (Å²) in [4.78, 5) is 26.7. The second-order valence-corrected chi connectivity index (χ2v) is 6.03. The number of imidazole rings is 1. The molecule has 0 spiro atoms. The Kier molecular flexibility index (Phi) is 5.43. The number of rotatable bonds is 8. The Bertz CT molecular complexity index is 903. The van der Waals surface area contributed by atoms with E-state index in [0.717, 1.165) is 28.2 Å². The zero-order valence-electron chi connectivity index (χ0n) is 14.3. The zero-order valence-corrected chi connectivity index (χ0v) is 14.3. The molecule has 0 saturated carbocycles. The predicted molar refractivity (Wildman–Crippen MR) is 99.6 cm³/mol. The highest BCUT2D eigenvalue weighted by Gasteiger charge is 2.14. The quantitative estimate of drug-likeness (QED) is 0.611. The van der Waals surface area contributed by atoms with Gasteiger partial charge in [-0.15, -0.1) is 0 Å². The van der Waals surface area contributed by atoms with Gasteiger partial charge in [0.25, 0.3) is 0 Å². The van der Waals surface area contributed by atoms with Crippen LogP contribution in [0.2, 0.25) is 0 Å². The lowest BCUT2D eigenvalue weighted by atomic mass is 10.1. The van der Waals surface area contributed by atoms with Gasteiger partial charge in [0, 0.05) is 18.7 Å². The Morgan fingerprint density at radius 3 is 2.62 bits per heavy atom. The van der Waals surface area contributed by atoms with Crippen LogP contribution in [0.25, 0.3) is 0 Å². The third kappa shape index (κ3) is 4.36. The molecule has 6 heteroatoms. The lowest BCUT2D eigenvalue weighted by Crippen LogP contribution is -2.18. The van der Waals surface area contributed by atoms with Crippen molar-refractivity contribution in [3.8, 4) is 0 Å². The molecule has 0 aliphatic heterocycles. The molecule has 6 nitrogen and oxygen atoms in total. The van der Waals surface area contributed by atoms with E-state index in [0.29, 0.717) is 19.4 Å². The van der Waals surface area contributed by atoms with Crippen molar-refractivity contribution in [1.29, 1.82) is 0 Å². The molecule has 3 rings (SSSR count). The van der Waals surface area contributed by atoms with Gasteiger partial charge in [-0.1, -0.05) is 42.5 Å². The van der Waals surface area contributed by atoms with E-state index in [1.165, 1.54) is 0 Å². The molecule has 2 aromatic carbocycles. The molecular weight excluding hydrogens is 328 g/mol. The standard InChI is InChI=1S/C20H20N4O2/c21-20(26)11-19-18(10-15-5-2-1-3-6-15)22-13-24(19)12-16-7-4-8-17(9-16)23-14-25/h1-9,13-14H,10-12H2,(H2,21,26)(H,23,25). The van der Waals surface area contributed by atoms with Crippen molar-refractivity contribution in [1.82, 2.24) is 9.55 Å².